The quantitative estimate of drug-likeness (QED) is 0.276. The average Bonchev–Trinajstić information content (AvgIpc) is 3.43. The largest absolute Gasteiger partial charge is 0.387 e. The molecular formula is C24H23Cl2N7O4. The van der Waals surface area contributed by atoms with Crippen molar-refractivity contribution in [2.45, 2.75) is 38.0 Å². The van der Waals surface area contributed by atoms with Crippen LogP contribution in [0.5, 0.6) is 0 Å². The molecule has 192 valence electrons. The summed E-state index contributed by atoms with van der Waals surface area (Å²) in [5, 5.41) is 28.1. The standard InChI is InChI=1S/C24H23Cl2N7O4/c1-2-28-23(36)19-17(34)18(35)24(37-19)33-11-30-16-21(29-8-12-4-3-5-14(25)6-12)31-20(32-22(16)33)13-7-15(26)10-27-9-13/h3-7,9-11,17-19,24,34-35H,2,8H2,1H3,(H,28,36)(H,29,31,32). The van der Waals surface area contributed by atoms with Gasteiger partial charge in [-0.2, -0.15) is 0 Å². The highest BCUT2D eigenvalue weighted by Gasteiger charge is 2.47. The highest BCUT2D eigenvalue weighted by molar-refractivity contribution is 6.31. The van der Waals surface area contributed by atoms with Crippen LogP contribution in [0.3, 0.4) is 0 Å². The Morgan fingerprint density at radius 1 is 1.14 bits per heavy atom. The second kappa shape index (κ2) is 10.6. The van der Waals surface area contributed by atoms with Crippen LogP contribution in [0.1, 0.15) is 18.7 Å². The molecule has 5 rings (SSSR count). The molecule has 0 bridgehead atoms. The number of hydrogen-bond acceptors (Lipinski definition) is 9. The summed E-state index contributed by atoms with van der Waals surface area (Å²) in [6.45, 7) is 2.50. The van der Waals surface area contributed by atoms with Crippen molar-refractivity contribution in [2.24, 2.45) is 0 Å². The van der Waals surface area contributed by atoms with E-state index in [1.165, 1.54) is 17.1 Å². The lowest BCUT2D eigenvalue weighted by Crippen LogP contribution is -2.42. The normalized spacial score (nSPS) is 21.3. The van der Waals surface area contributed by atoms with E-state index in [1.54, 1.807) is 25.3 Å². The molecule has 37 heavy (non-hydrogen) atoms. The first-order valence-corrected chi connectivity index (χ1v) is 12.2. The van der Waals surface area contributed by atoms with Gasteiger partial charge in [0.15, 0.2) is 35.1 Å². The first-order chi connectivity index (χ1) is 17.9. The molecule has 1 amide bonds. The Balaban J connectivity index is 1.56. The second-order valence-electron chi connectivity index (χ2n) is 8.42. The van der Waals surface area contributed by atoms with Crippen molar-refractivity contribution in [2.75, 3.05) is 11.9 Å². The Morgan fingerprint density at radius 3 is 2.73 bits per heavy atom. The number of nitrogens with zero attached hydrogens (tertiary/aromatic N) is 5. The summed E-state index contributed by atoms with van der Waals surface area (Å²) in [7, 11) is 0. The fraction of sp³-hybridized carbons (Fsp3) is 0.292. The number of pyridine rings is 1. The number of benzene rings is 1. The summed E-state index contributed by atoms with van der Waals surface area (Å²) < 4.78 is 7.25. The fourth-order valence-corrected chi connectivity index (χ4v) is 4.49. The number of carbonyl (C=O) groups is 1. The molecule has 0 saturated carbocycles. The summed E-state index contributed by atoms with van der Waals surface area (Å²) in [4.78, 5) is 30.2. The summed E-state index contributed by atoms with van der Waals surface area (Å²) >= 11 is 12.3. The first kappa shape index (κ1) is 25.3. The van der Waals surface area contributed by atoms with Gasteiger partial charge in [-0.25, -0.2) is 15.0 Å². The molecule has 1 saturated heterocycles. The molecule has 13 heteroatoms. The van der Waals surface area contributed by atoms with Gasteiger partial charge < -0.3 is 25.6 Å². The number of rotatable bonds is 7. The van der Waals surface area contributed by atoms with Gasteiger partial charge in [-0.1, -0.05) is 35.3 Å². The number of ether oxygens (including phenoxy) is 1. The van der Waals surface area contributed by atoms with Crippen molar-refractivity contribution >= 4 is 46.1 Å². The molecule has 4 atom stereocenters. The molecule has 1 aromatic carbocycles. The zero-order chi connectivity index (χ0) is 26.1. The molecule has 1 fully saturated rings. The molecule has 0 aliphatic carbocycles. The van der Waals surface area contributed by atoms with Crippen molar-refractivity contribution in [1.29, 1.82) is 0 Å². The second-order valence-corrected chi connectivity index (χ2v) is 9.29. The number of imidazole rings is 1. The maximum Gasteiger partial charge on any atom is 0.252 e. The van der Waals surface area contributed by atoms with Crippen molar-refractivity contribution in [3.63, 3.8) is 0 Å². The maximum absolute atomic E-state index is 12.4. The minimum Gasteiger partial charge on any atom is -0.387 e. The van der Waals surface area contributed by atoms with E-state index >= 15 is 0 Å². The van der Waals surface area contributed by atoms with Crippen LogP contribution in [-0.2, 0) is 16.1 Å². The average molecular weight is 544 g/mol. The zero-order valence-electron chi connectivity index (χ0n) is 19.5. The Hall–Kier alpha value is -3.35. The Labute approximate surface area is 221 Å². The van der Waals surface area contributed by atoms with Crippen LogP contribution in [0.15, 0.2) is 49.1 Å². The molecular weight excluding hydrogens is 521 g/mol. The molecule has 4 N–H and O–H groups in total. The molecule has 11 nitrogen and oxygen atoms in total. The predicted molar refractivity (Wildman–Crippen MR) is 137 cm³/mol. The van der Waals surface area contributed by atoms with Crippen molar-refractivity contribution < 1.29 is 19.7 Å². The van der Waals surface area contributed by atoms with E-state index in [9.17, 15) is 15.0 Å². The third-order valence-electron chi connectivity index (χ3n) is 5.86. The maximum atomic E-state index is 12.4. The zero-order valence-corrected chi connectivity index (χ0v) is 21.1. The van der Waals surface area contributed by atoms with Gasteiger partial charge in [0.1, 0.15) is 12.2 Å². The third-order valence-corrected chi connectivity index (χ3v) is 6.30. The topological polar surface area (TPSA) is 147 Å². The Bertz CT molecular complexity index is 1450. The van der Waals surface area contributed by atoms with Crippen LogP contribution < -0.4 is 10.6 Å². The Morgan fingerprint density at radius 2 is 1.97 bits per heavy atom. The lowest BCUT2D eigenvalue weighted by molar-refractivity contribution is -0.137. The van der Waals surface area contributed by atoms with Gasteiger partial charge in [-0.15, -0.1) is 0 Å². The number of hydrogen-bond donors (Lipinski definition) is 4. The number of carbonyl (C=O) groups excluding carboxylic acids is 1. The molecule has 3 aromatic heterocycles. The van der Waals surface area contributed by atoms with Gasteiger partial charge in [-0.3, -0.25) is 14.3 Å². The predicted octanol–water partition coefficient (Wildman–Crippen LogP) is 2.56. The van der Waals surface area contributed by atoms with Crippen LogP contribution in [-0.4, -0.2) is 65.5 Å². The minimum absolute atomic E-state index is 0.297. The van der Waals surface area contributed by atoms with Gasteiger partial charge >= 0.3 is 0 Å². The number of nitrogens with one attached hydrogen (secondary N) is 2. The van der Waals surface area contributed by atoms with Gasteiger partial charge in [0.2, 0.25) is 0 Å². The van der Waals surface area contributed by atoms with Crippen LogP contribution in [0.4, 0.5) is 5.82 Å². The number of aliphatic hydroxyl groups excluding tert-OH is 2. The van der Waals surface area contributed by atoms with E-state index in [-0.39, 0.29) is 0 Å². The van der Waals surface area contributed by atoms with E-state index in [2.05, 4.69) is 30.6 Å². The summed E-state index contributed by atoms with van der Waals surface area (Å²) in [6, 6.07) is 9.06. The summed E-state index contributed by atoms with van der Waals surface area (Å²) in [6.07, 6.45) is -0.719. The van der Waals surface area contributed by atoms with Gasteiger partial charge in [0, 0.05) is 36.1 Å². The van der Waals surface area contributed by atoms with Gasteiger partial charge in [0.05, 0.1) is 11.3 Å². The number of halogens is 2. The molecule has 4 unspecified atom stereocenters. The third kappa shape index (κ3) is 5.09. The Kier molecular flexibility index (Phi) is 7.22. The van der Waals surface area contributed by atoms with Crippen LogP contribution in [0.25, 0.3) is 22.6 Å². The molecule has 1 aliphatic rings. The summed E-state index contributed by atoms with van der Waals surface area (Å²) in [5.74, 6) is 0.184. The minimum atomic E-state index is -1.44. The molecule has 4 aromatic rings. The lowest BCUT2D eigenvalue weighted by atomic mass is 10.1. The van der Waals surface area contributed by atoms with Crippen molar-refractivity contribution in [3.05, 3.63) is 64.7 Å². The highest BCUT2D eigenvalue weighted by atomic mass is 35.5. The first-order valence-electron chi connectivity index (χ1n) is 11.5. The molecule has 1 aliphatic heterocycles. The molecule has 0 radical (unpaired) electrons. The van der Waals surface area contributed by atoms with Crippen molar-refractivity contribution in [1.82, 2.24) is 29.8 Å². The van der Waals surface area contributed by atoms with E-state index in [4.69, 9.17) is 27.9 Å². The number of likely N-dealkylation sites (N-methyl/N-ethyl adjacent to an activating group) is 1. The fourth-order valence-electron chi connectivity index (χ4n) is 4.10. The van der Waals surface area contributed by atoms with E-state index < -0.39 is 30.4 Å². The smallest absolute Gasteiger partial charge is 0.252 e. The van der Waals surface area contributed by atoms with E-state index in [1.807, 2.05) is 18.2 Å². The lowest BCUT2D eigenvalue weighted by Gasteiger charge is -2.17. The number of amides is 1. The van der Waals surface area contributed by atoms with E-state index in [0.29, 0.717) is 51.5 Å². The van der Waals surface area contributed by atoms with Crippen LogP contribution in [0.2, 0.25) is 10.0 Å². The van der Waals surface area contributed by atoms with Gasteiger partial charge in [-0.05, 0) is 30.7 Å². The monoisotopic (exact) mass is 543 g/mol. The summed E-state index contributed by atoms with van der Waals surface area (Å²) in [5.41, 5.74) is 2.19. The SMILES string of the molecule is CCNC(=O)C1OC(n2cnc3c(NCc4cccc(Cl)c4)nc(-c4cncc(Cl)c4)nc32)C(O)C1O. The molecule has 0 spiro atoms. The van der Waals surface area contributed by atoms with Crippen LogP contribution >= 0.6 is 23.2 Å². The number of aromatic nitrogens is 5. The number of fused-ring (bicyclic) bond motifs is 1. The van der Waals surface area contributed by atoms with E-state index in [0.717, 1.165) is 5.56 Å². The molecule has 4 heterocycles. The van der Waals surface area contributed by atoms with Crippen molar-refractivity contribution in [3.8, 4) is 11.4 Å². The number of anilines is 1. The highest BCUT2D eigenvalue weighted by Crippen LogP contribution is 2.34. The van der Waals surface area contributed by atoms with Crippen LogP contribution in [0, 0.1) is 0 Å². The number of aliphatic hydroxyl groups is 2. The van der Waals surface area contributed by atoms with Gasteiger partial charge in [0.25, 0.3) is 5.91 Å².